The fraction of sp³-hybridized carbons (Fsp3) is 0.600. The Morgan fingerprint density at radius 2 is 2.29 bits per heavy atom. The van der Waals surface area contributed by atoms with Gasteiger partial charge < -0.3 is 14.3 Å². The molecule has 0 atom stereocenters. The van der Waals surface area contributed by atoms with Gasteiger partial charge in [0.25, 0.3) is 0 Å². The van der Waals surface area contributed by atoms with Crippen molar-refractivity contribution in [2.75, 3.05) is 13.1 Å². The normalized spacial score (nSPS) is 15.3. The maximum absolute atomic E-state index is 5.83. The van der Waals surface area contributed by atoms with Crippen LogP contribution in [0.25, 0.3) is 0 Å². The Morgan fingerprint density at radius 1 is 1.38 bits per heavy atom. The first-order valence-corrected chi connectivity index (χ1v) is 7.64. The van der Waals surface area contributed by atoms with Gasteiger partial charge in [-0.25, -0.2) is 0 Å². The van der Waals surface area contributed by atoms with Gasteiger partial charge in [0.15, 0.2) is 0 Å². The first-order valence-electron chi connectivity index (χ1n) is 7.64. The van der Waals surface area contributed by atoms with Gasteiger partial charge in [-0.05, 0) is 26.0 Å². The highest BCUT2D eigenvalue weighted by molar-refractivity contribution is 5.21. The van der Waals surface area contributed by atoms with E-state index in [4.69, 9.17) is 4.42 Å². The van der Waals surface area contributed by atoms with Crippen LogP contribution in [0.15, 0.2) is 16.8 Å². The molecular weight excluding hydrogens is 266 g/mol. The van der Waals surface area contributed by atoms with Crippen molar-refractivity contribution in [1.82, 2.24) is 25.0 Å². The van der Waals surface area contributed by atoms with Gasteiger partial charge in [-0.15, -0.1) is 10.2 Å². The van der Waals surface area contributed by atoms with E-state index in [2.05, 4.69) is 38.0 Å². The average Bonchev–Trinajstić information content (AvgIpc) is 3.06. The fourth-order valence-electron chi connectivity index (χ4n) is 2.71. The second kappa shape index (κ2) is 6.41. The summed E-state index contributed by atoms with van der Waals surface area (Å²) in [6, 6.07) is 2.18. The van der Waals surface area contributed by atoms with Crippen molar-refractivity contribution in [3.8, 4) is 0 Å². The van der Waals surface area contributed by atoms with Crippen LogP contribution in [-0.4, -0.2) is 32.8 Å². The van der Waals surface area contributed by atoms with Crippen LogP contribution in [0, 0.1) is 6.92 Å². The molecule has 21 heavy (non-hydrogen) atoms. The Bertz CT molecular complexity index is 589. The van der Waals surface area contributed by atoms with Gasteiger partial charge in [-0.1, -0.05) is 6.92 Å². The molecule has 0 spiro atoms. The van der Waals surface area contributed by atoms with Crippen molar-refractivity contribution >= 4 is 0 Å². The number of furan rings is 1. The average molecular weight is 289 g/mol. The molecule has 0 unspecified atom stereocenters. The molecule has 0 radical (unpaired) electrons. The van der Waals surface area contributed by atoms with E-state index in [9.17, 15) is 0 Å². The van der Waals surface area contributed by atoms with Crippen LogP contribution in [-0.2, 0) is 26.2 Å². The van der Waals surface area contributed by atoms with Gasteiger partial charge in [-0.3, -0.25) is 4.90 Å². The minimum atomic E-state index is 0.809. The zero-order valence-electron chi connectivity index (χ0n) is 12.8. The third kappa shape index (κ3) is 3.33. The summed E-state index contributed by atoms with van der Waals surface area (Å²) in [5.74, 6) is 3.10. The number of rotatable bonds is 6. The number of aromatic nitrogens is 3. The lowest BCUT2D eigenvalue weighted by atomic mass is 10.2. The lowest BCUT2D eigenvalue weighted by Gasteiger charge is -2.26. The zero-order valence-corrected chi connectivity index (χ0v) is 12.8. The molecule has 114 valence electrons. The highest BCUT2D eigenvalue weighted by atomic mass is 16.3. The van der Waals surface area contributed by atoms with Gasteiger partial charge in [0.05, 0.1) is 13.1 Å². The molecule has 6 heteroatoms. The van der Waals surface area contributed by atoms with Gasteiger partial charge in [-0.2, -0.15) is 0 Å². The van der Waals surface area contributed by atoms with E-state index in [1.807, 2.05) is 13.3 Å². The summed E-state index contributed by atoms with van der Waals surface area (Å²) < 4.78 is 7.96. The molecule has 3 heterocycles. The second-order valence-electron chi connectivity index (χ2n) is 5.62. The maximum atomic E-state index is 5.83. The Morgan fingerprint density at radius 3 is 3.14 bits per heavy atom. The first kappa shape index (κ1) is 14.3. The number of nitrogens with zero attached hydrogens (tertiary/aromatic N) is 4. The smallest absolute Gasteiger partial charge is 0.147 e. The van der Waals surface area contributed by atoms with Crippen LogP contribution in [0.2, 0.25) is 0 Å². The van der Waals surface area contributed by atoms with Crippen LogP contribution < -0.4 is 5.32 Å². The molecule has 2 aromatic rings. The number of hydrogen-bond acceptors (Lipinski definition) is 5. The van der Waals surface area contributed by atoms with Crippen LogP contribution in [0.4, 0.5) is 0 Å². The largest absolute Gasteiger partial charge is 0.465 e. The molecule has 2 aromatic heterocycles. The Balaban J connectivity index is 1.60. The fourth-order valence-corrected chi connectivity index (χ4v) is 2.71. The first-order chi connectivity index (χ1) is 10.3. The van der Waals surface area contributed by atoms with E-state index in [0.29, 0.717) is 0 Å². The molecular formula is C15H23N5O. The molecule has 0 saturated carbocycles. The molecule has 3 rings (SSSR count). The third-order valence-corrected chi connectivity index (χ3v) is 3.91. The van der Waals surface area contributed by atoms with Crippen molar-refractivity contribution in [2.45, 2.75) is 46.4 Å². The highest BCUT2D eigenvalue weighted by Crippen LogP contribution is 2.19. The third-order valence-electron chi connectivity index (χ3n) is 3.91. The second-order valence-corrected chi connectivity index (χ2v) is 5.62. The van der Waals surface area contributed by atoms with Gasteiger partial charge in [0.2, 0.25) is 0 Å². The van der Waals surface area contributed by atoms with E-state index < -0.39 is 0 Å². The number of hydrogen-bond donors (Lipinski definition) is 1. The number of fused-ring (bicyclic) bond motifs is 1. The maximum Gasteiger partial charge on any atom is 0.147 e. The summed E-state index contributed by atoms with van der Waals surface area (Å²) >= 11 is 0. The summed E-state index contributed by atoms with van der Waals surface area (Å²) in [6.07, 6.45) is 2.95. The molecule has 0 aromatic carbocycles. The molecule has 1 aliphatic heterocycles. The van der Waals surface area contributed by atoms with Crippen molar-refractivity contribution in [1.29, 1.82) is 0 Å². The van der Waals surface area contributed by atoms with Gasteiger partial charge in [0.1, 0.15) is 23.7 Å². The lowest BCUT2D eigenvalue weighted by Crippen LogP contribution is -2.33. The van der Waals surface area contributed by atoms with Crippen LogP contribution in [0.3, 0.4) is 0 Å². The zero-order chi connectivity index (χ0) is 14.7. The van der Waals surface area contributed by atoms with Gasteiger partial charge >= 0.3 is 0 Å². The van der Waals surface area contributed by atoms with Crippen molar-refractivity contribution < 1.29 is 4.42 Å². The van der Waals surface area contributed by atoms with Crippen LogP contribution in [0.1, 0.15) is 36.3 Å². The molecule has 0 fully saturated rings. The number of aryl methyl sites for hydroxylation is 1. The monoisotopic (exact) mass is 289 g/mol. The standard InChI is InChI=1S/C15H23N5O/c1-3-4-16-8-14-7-13(12(2)21-14)9-19-5-6-20-11-17-18-15(20)10-19/h7,11,16H,3-6,8-10H2,1-2H3. The van der Waals surface area contributed by atoms with E-state index >= 15 is 0 Å². The van der Waals surface area contributed by atoms with Crippen molar-refractivity contribution in [3.63, 3.8) is 0 Å². The van der Waals surface area contributed by atoms with Gasteiger partial charge in [0, 0.05) is 25.2 Å². The Labute approximate surface area is 125 Å². The summed E-state index contributed by atoms with van der Waals surface area (Å²) in [6.45, 7) is 9.80. The summed E-state index contributed by atoms with van der Waals surface area (Å²) in [5, 5.41) is 11.5. The summed E-state index contributed by atoms with van der Waals surface area (Å²) in [4.78, 5) is 2.39. The van der Waals surface area contributed by atoms with Crippen molar-refractivity contribution in [2.24, 2.45) is 0 Å². The van der Waals surface area contributed by atoms with Crippen LogP contribution in [0.5, 0.6) is 0 Å². The molecule has 0 amide bonds. The van der Waals surface area contributed by atoms with Crippen molar-refractivity contribution in [3.05, 3.63) is 35.3 Å². The van der Waals surface area contributed by atoms with E-state index in [1.54, 1.807) is 0 Å². The predicted molar refractivity (Wildman–Crippen MR) is 79.6 cm³/mol. The topological polar surface area (TPSA) is 59.1 Å². The molecule has 0 bridgehead atoms. The number of nitrogens with one attached hydrogen (secondary N) is 1. The molecule has 0 saturated heterocycles. The van der Waals surface area contributed by atoms with E-state index in [-0.39, 0.29) is 0 Å². The molecule has 0 aliphatic carbocycles. The lowest BCUT2D eigenvalue weighted by molar-refractivity contribution is 0.207. The SMILES string of the molecule is CCCNCc1cc(CN2CCn3cnnc3C2)c(C)o1. The Kier molecular flexibility index (Phi) is 4.36. The summed E-state index contributed by atoms with van der Waals surface area (Å²) in [5.41, 5.74) is 1.27. The highest BCUT2D eigenvalue weighted by Gasteiger charge is 2.19. The quantitative estimate of drug-likeness (QED) is 0.820. The Hall–Kier alpha value is -1.66. The minimum absolute atomic E-state index is 0.809. The molecule has 1 aliphatic rings. The van der Waals surface area contributed by atoms with E-state index in [0.717, 1.165) is 63.0 Å². The molecule has 1 N–H and O–H groups in total. The van der Waals surface area contributed by atoms with E-state index in [1.165, 1.54) is 5.56 Å². The summed E-state index contributed by atoms with van der Waals surface area (Å²) in [7, 11) is 0. The van der Waals surface area contributed by atoms with Crippen LogP contribution >= 0.6 is 0 Å². The predicted octanol–water partition coefficient (Wildman–Crippen LogP) is 1.69. The molecule has 6 nitrogen and oxygen atoms in total. The minimum Gasteiger partial charge on any atom is -0.465 e.